The van der Waals surface area contributed by atoms with Gasteiger partial charge >= 0.3 is 0 Å². The molecular formula is C19H19NO2. The Morgan fingerprint density at radius 3 is 2.68 bits per heavy atom. The van der Waals surface area contributed by atoms with E-state index in [1.165, 1.54) is 0 Å². The number of carbonyl (C=O) groups is 1. The van der Waals surface area contributed by atoms with Gasteiger partial charge in [0.1, 0.15) is 0 Å². The number of nitrogens with zero attached hydrogens (tertiary/aromatic N) is 1. The predicted molar refractivity (Wildman–Crippen MR) is 86.8 cm³/mol. The van der Waals surface area contributed by atoms with Crippen LogP contribution in [0.1, 0.15) is 24.8 Å². The van der Waals surface area contributed by atoms with E-state index < -0.39 is 5.60 Å². The van der Waals surface area contributed by atoms with Gasteiger partial charge in [-0.05, 0) is 29.7 Å². The highest BCUT2D eigenvalue weighted by atomic mass is 16.3. The van der Waals surface area contributed by atoms with E-state index in [-0.39, 0.29) is 11.8 Å². The fourth-order valence-electron chi connectivity index (χ4n) is 3.83. The van der Waals surface area contributed by atoms with Gasteiger partial charge in [0.25, 0.3) is 0 Å². The molecular weight excluding hydrogens is 274 g/mol. The standard InChI is InChI=1S/C19H19NO2/c1-20-15-8-10-18(21)19(22,12-15)16-11-14(7-9-17(16)20)13-5-3-2-4-6-13/h2-7,9,11,15,22H,8,10,12H2,1H3/t15-,19-/m1/s1. The van der Waals surface area contributed by atoms with Crippen molar-refractivity contribution in [3.63, 3.8) is 0 Å². The Hall–Kier alpha value is -2.13. The number of aliphatic hydroxyl groups is 1. The summed E-state index contributed by atoms with van der Waals surface area (Å²) in [5.41, 5.74) is 2.57. The van der Waals surface area contributed by atoms with Crippen LogP contribution in [0.5, 0.6) is 0 Å². The van der Waals surface area contributed by atoms with Crippen LogP contribution < -0.4 is 4.90 Å². The molecule has 1 aliphatic carbocycles. The van der Waals surface area contributed by atoms with E-state index >= 15 is 0 Å². The van der Waals surface area contributed by atoms with Gasteiger partial charge in [-0.25, -0.2) is 0 Å². The lowest BCUT2D eigenvalue weighted by Crippen LogP contribution is -2.53. The minimum atomic E-state index is -1.31. The van der Waals surface area contributed by atoms with Crippen molar-refractivity contribution in [2.75, 3.05) is 11.9 Å². The number of rotatable bonds is 1. The third-order valence-corrected chi connectivity index (χ3v) is 5.17. The van der Waals surface area contributed by atoms with Crippen molar-refractivity contribution in [2.45, 2.75) is 30.9 Å². The molecule has 2 aliphatic rings. The van der Waals surface area contributed by atoms with Crippen molar-refractivity contribution in [1.82, 2.24) is 0 Å². The molecule has 3 heteroatoms. The number of hydrogen-bond donors (Lipinski definition) is 1. The Morgan fingerprint density at radius 2 is 1.91 bits per heavy atom. The summed E-state index contributed by atoms with van der Waals surface area (Å²) in [6, 6.07) is 16.4. The first-order valence-corrected chi connectivity index (χ1v) is 7.78. The molecule has 1 N–H and O–H groups in total. The molecule has 1 heterocycles. The Morgan fingerprint density at radius 1 is 1.14 bits per heavy atom. The average molecular weight is 293 g/mol. The van der Waals surface area contributed by atoms with Crippen LogP contribution >= 0.6 is 0 Å². The van der Waals surface area contributed by atoms with Crippen LogP contribution in [0.2, 0.25) is 0 Å². The average Bonchev–Trinajstić information content (AvgIpc) is 2.56. The number of fused-ring (bicyclic) bond motifs is 4. The molecule has 0 unspecified atom stereocenters. The molecule has 22 heavy (non-hydrogen) atoms. The summed E-state index contributed by atoms with van der Waals surface area (Å²) < 4.78 is 0. The summed E-state index contributed by atoms with van der Waals surface area (Å²) in [5, 5.41) is 11.0. The maximum absolute atomic E-state index is 12.4. The van der Waals surface area contributed by atoms with Crippen LogP contribution in [0.15, 0.2) is 48.5 Å². The van der Waals surface area contributed by atoms with Gasteiger partial charge in [0.2, 0.25) is 0 Å². The van der Waals surface area contributed by atoms with Crippen LogP contribution in [0.4, 0.5) is 5.69 Å². The van der Waals surface area contributed by atoms with Gasteiger partial charge in [-0.1, -0.05) is 36.4 Å². The van der Waals surface area contributed by atoms with Crippen LogP contribution in [0, 0.1) is 0 Å². The van der Waals surface area contributed by atoms with Crippen molar-refractivity contribution in [3.8, 4) is 11.1 Å². The molecule has 2 atom stereocenters. The zero-order valence-corrected chi connectivity index (χ0v) is 12.6. The molecule has 4 rings (SSSR count). The van der Waals surface area contributed by atoms with Crippen LogP contribution in [-0.4, -0.2) is 24.0 Å². The molecule has 0 spiro atoms. The van der Waals surface area contributed by atoms with Gasteiger partial charge < -0.3 is 10.0 Å². The predicted octanol–water partition coefficient (Wildman–Crippen LogP) is 3.11. The summed E-state index contributed by atoms with van der Waals surface area (Å²) in [4.78, 5) is 14.6. The number of Topliss-reactive ketones (excluding diaryl/α,β-unsaturated/α-hetero) is 1. The zero-order chi connectivity index (χ0) is 15.3. The molecule has 0 radical (unpaired) electrons. The second kappa shape index (κ2) is 4.68. The summed E-state index contributed by atoms with van der Waals surface area (Å²) in [6.07, 6.45) is 1.80. The molecule has 2 aromatic rings. The van der Waals surface area contributed by atoms with Crippen molar-refractivity contribution in [2.24, 2.45) is 0 Å². The van der Waals surface area contributed by atoms with Crippen molar-refractivity contribution < 1.29 is 9.90 Å². The molecule has 3 nitrogen and oxygen atoms in total. The van der Waals surface area contributed by atoms with Gasteiger partial charge in [-0.3, -0.25) is 4.79 Å². The minimum Gasteiger partial charge on any atom is -0.377 e. The van der Waals surface area contributed by atoms with Gasteiger partial charge in [-0.15, -0.1) is 0 Å². The number of benzene rings is 2. The SMILES string of the molecule is CN1c2ccc(-c3ccccc3)cc2[C@]2(O)C[C@H]1CCC2=O. The number of hydrogen-bond acceptors (Lipinski definition) is 3. The molecule has 0 amide bonds. The summed E-state index contributed by atoms with van der Waals surface area (Å²) in [7, 11) is 2.06. The molecule has 0 saturated heterocycles. The summed E-state index contributed by atoms with van der Waals surface area (Å²) >= 11 is 0. The maximum Gasteiger partial charge on any atom is 0.169 e. The van der Waals surface area contributed by atoms with Crippen LogP contribution in [-0.2, 0) is 10.4 Å². The highest BCUT2D eigenvalue weighted by Crippen LogP contribution is 2.47. The third-order valence-electron chi connectivity index (χ3n) is 5.17. The van der Waals surface area contributed by atoms with Crippen LogP contribution in [0.25, 0.3) is 11.1 Å². The number of carbonyl (C=O) groups excluding carboxylic acids is 1. The highest BCUT2D eigenvalue weighted by Gasteiger charge is 2.49. The maximum atomic E-state index is 12.4. The summed E-state index contributed by atoms with van der Waals surface area (Å²) in [6.45, 7) is 0. The van der Waals surface area contributed by atoms with E-state index in [1.54, 1.807) is 0 Å². The molecule has 1 saturated carbocycles. The van der Waals surface area contributed by atoms with Crippen molar-refractivity contribution in [1.29, 1.82) is 0 Å². The molecule has 112 valence electrons. The lowest BCUT2D eigenvalue weighted by molar-refractivity contribution is -0.143. The first-order valence-electron chi connectivity index (χ1n) is 7.78. The van der Waals surface area contributed by atoms with E-state index in [1.807, 2.05) is 42.5 Å². The van der Waals surface area contributed by atoms with E-state index in [2.05, 4.69) is 18.0 Å². The molecule has 2 aromatic carbocycles. The normalized spacial score (nSPS) is 26.7. The Labute approximate surface area is 130 Å². The van der Waals surface area contributed by atoms with Crippen molar-refractivity contribution in [3.05, 3.63) is 54.1 Å². The zero-order valence-electron chi connectivity index (χ0n) is 12.6. The van der Waals surface area contributed by atoms with E-state index in [9.17, 15) is 9.90 Å². The lowest BCUT2D eigenvalue weighted by Gasteiger charge is -2.47. The van der Waals surface area contributed by atoms with Gasteiger partial charge in [0, 0.05) is 37.2 Å². The topological polar surface area (TPSA) is 40.5 Å². The second-order valence-corrected chi connectivity index (χ2v) is 6.39. The Kier molecular flexibility index (Phi) is 2.88. The fourth-order valence-corrected chi connectivity index (χ4v) is 3.83. The van der Waals surface area contributed by atoms with Gasteiger partial charge in [0.15, 0.2) is 11.4 Å². The number of ketones is 1. The van der Waals surface area contributed by atoms with E-state index in [0.29, 0.717) is 12.8 Å². The quantitative estimate of drug-likeness (QED) is 0.878. The largest absolute Gasteiger partial charge is 0.377 e. The monoisotopic (exact) mass is 293 g/mol. The Balaban J connectivity index is 1.90. The smallest absolute Gasteiger partial charge is 0.169 e. The van der Waals surface area contributed by atoms with Gasteiger partial charge in [-0.2, -0.15) is 0 Å². The molecule has 2 bridgehead atoms. The first kappa shape index (κ1) is 13.5. The first-order chi connectivity index (χ1) is 10.6. The molecule has 1 fully saturated rings. The molecule has 0 aromatic heterocycles. The van der Waals surface area contributed by atoms with Crippen molar-refractivity contribution >= 4 is 11.5 Å². The van der Waals surface area contributed by atoms with Gasteiger partial charge in [0.05, 0.1) is 0 Å². The van der Waals surface area contributed by atoms with Crippen LogP contribution in [0.3, 0.4) is 0 Å². The van der Waals surface area contributed by atoms with E-state index in [0.717, 1.165) is 28.8 Å². The van der Waals surface area contributed by atoms with E-state index in [4.69, 9.17) is 0 Å². The second-order valence-electron chi connectivity index (χ2n) is 6.39. The molecule has 1 aliphatic heterocycles. The number of anilines is 1. The summed E-state index contributed by atoms with van der Waals surface area (Å²) in [5.74, 6) is -0.0386. The third kappa shape index (κ3) is 1.82. The fraction of sp³-hybridized carbons (Fsp3) is 0.316. The lowest BCUT2D eigenvalue weighted by atomic mass is 9.71. The Bertz CT molecular complexity index is 740. The minimum absolute atomic E-state index is 0.0386. The highest BCUT2D eigenvalue weighted by molar-refractivity contribution is 5.93.